The van der Waals surface area contributed by atoms with Crippen LogP contribution in [0.3, 0.4) is 0 Å². The lowest BCUT2D eigenvalue weighted by Gasteiger charge is -2.34. The Labute approximate surface area is 145 Å². The minimum Gasteiger partial charge on any atom is -0.476 e. The normalized spacial score (nSPS) is 16.9. The largest absolute Gasteiger partial charge is 0.476 e. The number of carbonyl (C=O) groups is 1. The third kappa shape index (κ3) is 3.16. The molecule has 1 aliphatic rings. The molecule has 2 aromatic rings. The molecule has 1 unspecified atom stereocenters. The van der Waals surface area contributed by atoms with E-state index >= 15 is 0 Å². The second kappa shape index (κ2) is 6.71. The highest BCUT2D eigenvalue weighted by Crippen LogP contribution is 2.36. The highest BCUT2D eigenvalue weighted by Gasteiger charge is 2.38. The lowest BCUT2D eigenvalue weighted by atomic mass is 10.2. The van der Waals surface area contributed by atoms with Crippen LogP contribution in [-0.4, -0.2) is 48.5 Å². The lowest BCUT2D eigenvalue weighted by Crippen LogP contribution is -2.51. The molecule has 134 valence electrons. The first-order chi connectivity index (χ1) is 11.9. The summed E-state index contributed by atoms with van der Waals surface area (Å²) in [5.74, 6) is -0.0104. The zero-order chi connectivity index (χ0) is 18.0. The van der Waals surface area contributed by atoms with Crippen LogP contribution in [0.5, 0.6) is 5.75 Å². The van der Waals surface area contributed by atoms with Crippen LogP contribution < -0.4 is 14.4 Å². The summed E-state index contributed by atoms with van der Waals surface area (Å²) >= 11 is 0. The minimum atomic E-state index is -3.94. The molecule has 0 bridgehead atoms. The summed E-state index contributed by atoms with van der Waals surface area (Å²) in [4.78, 5) is 12.3. The van der Waals surface area contributed by atoms with Crippen molar-refractivity contribution in [1.82, 2.24) is 20.3 Å². The fourth-order valence-electron chi connectivity index (χ4n) is 2.56. The number of nitrogens with zero attached hydrogens (tertiary/aromatic N) is 4. The molecular weight excluding hydrogens is 346 g/mol. The van der Waals surface area contributed by atoms with Gasteiger partial charge >= 0.3 is 0 Å². The number of nitrogens with one attached hydrogen (secondary N) is 1. The monoisotopic (exact) mass is 365 g/mol. The molecule has 1 aromatic heterocycles. The fourth-order valence-corrected chi connectivity index (χ4v) is 4.07. The van der Waals surface area contributed by atoms with E-state index in [1.165, 1.54) is 22.2 Å². The smallest absolute Gasteiger partial charge is 0.283 e. The highest BCUT2D eigenvalue weighted by atomic mass is 32.2. The van der Waals surface area contributed by atoms with E-state index in [0.29, 0.717) is 18.0 Å². The van der Waals surface area contributed by atoms with Crippen LogP contribution in [0.25, 0.3) is 0 Å². The van der Waals surface area contributed by atoms with Gasteiger partial charge in [0.25, 0.3) is 15.9 Å². The van der Waals surface area contributed by atoms with Crippen molar-refractivity contribution in [1.29, 1.82) is 0 Å². The Morgan fingerprint density at radius 3 is 2.84 bits per heavy atom. The quantitative estimate of drug-likeness (QED) is 0.817. The van der Waals surface area contributed by atoms with Gasteiger partial charge in [-0.2, -0.15) is 8.42 Å². The van der Waals surface area contributed by atoms with E-state index in [1.807, 2.05) is 6.92 Å². The number of carbonyl (C=O) groups excluding carboxylic acids is 1. The number of aryl methyl sites for hydroxylation is 1. The van der Waals surface area contributed by atoms with Gasteiger partial charge in [0.1, 0.15) is 5.75 Å². The van der Waals surface area contributed by atoms with Gasteiger partial charge in [0.15, 0.2) is 11.1 Å². The maximum absolute atomic E-state index is 13.1. The van der Waals surface area contributed by atoms with Crippen molar-refractivity contribution < 1.29 is 17.9 Å². The number of amides is 1. The number of aromatic nitrogens is 3. The standard InChI is InChI=1S/C15H19N5O4S/c1-3-8-16-15(21)13-10-20(11-6-4-5-7-12(11)24-13)25(22,23)14-9-17-18-19(14)2/h4-7,9,13H,3,8,10H2,1-2H3,(H,16,21). The van der Waals surface area contributed by atoms with E-state index in [0.717, 1.165) is 6.42 Å². The van der Waals surface area contributed by atoms with Crippen molar-refractivity contribution >= 4 is 21.6 Å². The second-order valence-electron chi connectivity index (χ2n) is 5.60. The van der Waals surface area contributed by atoms with Gasteiger partial charge in [-0.3, -0.25) is 9.10 Å². The van der Waals surface area contributed by atoms with Gasteiger partial charge in [0, 0.05) is 13.6 Å². The predicted molar refractivity (Wildman–Crippen MR) is 89.7 cm³/mol. The maximum atomic E-state index is 13.1. The molecule has 0 radical (unpaired) electrons. The Morgan fingerprint density at radius 1 is 1.40 bits per heavy atom. The summed E-state index contributed by atoms with van der Waals surface area (Å²) in [6.45, 7) is 2.31. The number of para-hydroxylation sites is 2. The molecule has 0 fully saturated rings. The summed E-state index contributed by atoms with van der Waals surface area (Å²) in [5, 5.41) is 9.99. The van der Waals surface area contributed by atoms with Crippen molar-refractivity contribution in [2.24, 2.45) is 7.05 Å². The zero-order valence-electron chi connectivity index (χ0n) is 13.9. The van der Waals surface area contributed by atoms with Crippen molar-refractivity contribution in [3.8, 4) is 5.75 Å². The number of fused-ring (bicyclic) bond motifs is 1. The number of sulfonamides is 1. The van der Waals surface area contributed by atoms with E-state index in [4.69, 9.17) is 4.74 Å². The van der Waals surface area contributed by atoms with E-state index < -0.39 is 16.1 Å². The number of ether oxygens (including phenoxy) is 1. The SMILES string of the molecule is CCCNC(=O)C1CN(S(=O)(=O)c2cnnn2C)c2ccccc2O1. The Hall–Kier alpha value is -2.62. The molecule has 1 N–H and O–H groups in total. The Balaban J connectivity index is 2.00. The van der Waals surface area contributed by atoms with Crippen LogP contribution in [0.1, 0.15) is 13.3 Å². The topological polar surface area (TPSA) is 106 Å². The Kier molecular flexibility index (Phi) is 4.62. The third-order valence-corrected chi connectivity index (χ3v) is 5.63. The third-order valence-electron chi connectivity index (χ3n) is 3.80. The molecule has 0 spiro atoms. The molecule has 2 heterocycles. The molecule has 1 aromatic carbocycles. The first-order valence-electron chi connectivity index (χ1n) is 7.86. The van der Waals surface area contributed by atoms with Gasteiger partial charge in [-0.25, -0.2) is 4.68 Å². The van der Waals surface area contributed by atoms with Gasteiger partial charge in [-0.15, -0.1) is 5.10 Å². The van der Waals surface area contributed by atoms with Crippen molar-refractivity contribution in [2.45, 2.75) is 24.5 Å². The summed E-state index contributed by atoms with van der Waals surface area (Å²) < 4.78 is 34.2. The maximum Gasteiger partial charge on any atom is 0.283 e. The first kappa shape index (κ1) is 17.2. The average Bonchev–Trinajstić information content (AvgIpc) is 3.05. The molecule has 0 saturated carbocycles. The number of anilines is 1. The van der Waals surface area contributed by atoms with Gasteiger partial charge in [0.05, 0.1) is 18.4 Å². The molecule has 1 amide bonds. The summed E-state index contributed by atoms with van der Waals surface area (Å²) in [7, 11) is -2.44. The molecular formula is C15H19N5O4S. The Morgan fingerprint density at radius 2 is 2.16 bits per heavy atom. The van der Waals surface area contributed by atoms with Crippen molar-refractivity contribution in [3.63, 3.8) is 0 Å². The van der Waals surface area contributed by atoms with Gasteiger partial charge < -0.3 is 10.1 Å². The van der Waals surface area contributed by atoms with Gasteiger partial charge in [0.2, 0.25) is 0 Å². The molecule has 1 atom stereocenters. The van der Waals surface area contributed by atoms with Crippen LogP contribution in [0, 0.1) is 0 Å². The van der Waals surface area contributed by atoms with E-state index in [9.17, 15) is 13.2 Å². The summed E-state index contributed by atoms with van der Waals surface area (Å²) in [6.07, 6.45) is 1.02. The second-order valence-corrected chi connectivity index (χ2v) is 7.41. The van der Waals surface area contributed by atoms with E-state index in [-0.39, 0.29) is 17.5 Å². The summed E-state index contributed by atoms with van der Waals surface area (Å²) in [6, 6.07) is 6.71. The van der Waals surface area contributed by atoms with Crippen molar-refractivity contribution in [2.75, 3.05) is 17.4 Å². The predicted octanol–water partition coefficient (Wildman–Crippen LogP) is 0.298. The molecule has 0 saturated heterocycles. The molecule has 3 rings (SSSR count). The van der Waals surface area contributed by atoms with Gasteiger partial charge in [-0.1, -0.05) is 24.3 Å². The van der Waals surface area contributed by atoms with Crippen LogP contribution >= 0.6 is 0 Å². The highest BCUT2D eigenvalue weighted by molar-refractivity contribution is 7.92. The number of hydrogen-bond donors (Lipinski definition) is 1. The molecule has 25 heavy (non-hydrogen) atoms. The molecule has 9 nitrogen and oxygen atoms in total. The number of benzene rings is 1. The number of hydrogen-bond acceptors (Lipinski definition) is 6. The van der Waals surface area contributed by atoms with E-state index in [2.05, 4.69) is 15.6 Å². The first-order valence-corrected chi connectivity index (χ1v) is 9.30. The zero-order valence-corrected chi connectivity index (χ0v) is 14.7. The average molecular weight is 365 g/mol. The molecule has 1 aliphatic heterocycles. The van der Waals surface area contributed by atoms with Crippen molar-refractivity contribution in [3.05, 3.63) is 30.5 Å². The fraction of sp³-hybridized carbons (Fsp3) is 0.400. The summed E-state index contributed by atoms with van der Waals surface area (Å²) in [5.41, 5.74) is 0.378. The van der Waals surface area contributed by atoms with Crippen LogP contribution in [0.4, 0.5) is 5.69 Å². The molecule has 0 aliphatic carbocycles. The van der Waals surface area contributed by atoms with Crippen LogP contribution in [0.2, 0.25) is 0 Å². The molecule has 10 heteroatoms. The van der Waals surface area contributed by atoms with Gasteiger partial charge in [-0.05, 0) is 18.6 Å². The number of rotatable bonds is 5. The minimum absolute atomic E-state index is 0.0584. The van der Waals surface area contributed by atoms with E-state index in [1.54, 1.807) is 24.3 Å². The Bertz CT molecular complexity index is 880. The van der Waals surface area contributed by atoms with Crippen LogP contribution in [0.15, 0.2) is 35.5 Å². The van der Waals surface area contributed by atoms with Crippen LogP contribution in [-0.2, 0) is 21.9 Å². The lowest BCUT2D eigenvalue weighted by molar-refractivity contribution is -0.127.